The molecule has 4 aromatic carbocycles. The van der Waals surface area contributed by atoms with Crippen LogP contribution < -0.4 is 0 Å². The van der Waals surface area contributed by atoms with Crippen LogP contribution in [0.4, 0.5) is 0 Å². The fourth-order valence-corrected chi connectivity index (χ4v) is 9.29. The summed E-state index contributed by atoms with van der Waals surface area (Å²) >= 11 is 0. The van der Waals surface area contributed by atoms with E-state index in [-0.39, 0.29) is 0 Å². The van der Waals surface area contributed by atoms with Crippen molar-refractivity contribution in [1.29, 1.82) is 0 Å². The fraction of sp³-hybridized carbons (Fsp3) is 0.0377. The Balaban J connectivity index is 1.10. The van der Waals surface area contributed by atoms with Crippen molar-refractivity contribution >= 4 is 0 Å². The third kappa shape index (κ3) is 5.45. The van der Waals surface area contributed by atoms with Crippen molar-refractivity contribution < 1.29 is 0 Å². The highest BCUT2D eigenvalue weighted by atomic mass is 15.1. The van der Waals surface area contributed by atoms with E-state index < -0.39 is 5.41 Å². The van der Waals surface area contributed by atoms with Gasteiger partial charge in [-0.1, -0.05) is 97.1 Å². The van der Waals surface area contributed by atoms with Gasteiger partial charge in [-0.3, -0.25) is 19.9 Å². The maximum absolute atomic E-state index is 5.26. The van der Waals surface area contributed by atoms with Crippen LogP contribution in [0, 0.1) is 6.92 Å². The Morgan fingerprint density at radius 2 is 0.694 bits per heavy atom. The summed E-state index contributed by atoms with van der Waals surface area (Å²) in [6.07, 6.45) is 7.09. The van der Waals surface area contributed by atoms with Gasteiger partial charge in [-0.05, 0) is 112 Å². The molecule has 0 fully saturated rings. The first-order valence-electron chi connectivity index (χ1n) is 20.4. The second-order valence-electron chi connectivity index (χ2n) is 15.4. The van der Waals surface area contributed by atoms with Crippen LogP contribution in [0.1, 0.15) is 27.8 Å². The summed E-state index contributed by atoms with van der Waals surface area (Å²) in [7, 11) is 0. The smallest absolute Gasteiger partial charge is 0.182 e. The molecular formula is C53H33N9. The summed E-state index contributed by atoms with van der Waals surface area (Å²) in [5.41, 5.74) is 15.8. The highest BCUT2D eigenvalue weighted by molar-refractivity contribution is 5.96. The first-order chi connectivity index (χ1) is 30.6. The van der Waals surface area contributed by atoms with Gasteiger partial charge in [0.15, 0.2) is 23.3 Å². The number of benzene rings is 4. The van der Waals surface area contributed by atoms with Crippen molar-refractivity contribution in [3.05, 3.63) is 210 Å². The van der Waals surface area contributed by atoms with Gasteiger partial charge in [0.05, 0.1) is 28.2 Å². The number of hydrogen-bond donors (Lipinski definition) is 0. The number of pyridine rings is 4. The first kappa shape index (κ1) is 35.5. The number of hydrogen-bond acceptors (Lipinski definition) is 9. The lowest BCUT2D eigenvalue weighted by molar-refractivity contribution is 0.794. The fourth-order valence-electron chi connectivity index (χ4n) is 9.29. The largest absolute Gasteiger partial charge is 0.255 e. The minimum atomic E-state index is -0.678. The lowest BCUT2D eigenvalue weighted by Gasteiger charge is -2.31. The Morgan fingerprint density at radius 3 is 1.13 bits per heavy atom. The number of rotatable bonds is 6. The SMILES string of the molecule is Cc1c(-c2ccccn2)nc(-c2ccc3c(c2)C2(c4ccccc4-c4ccc(-c5nc(-c6ccccn6)nc(-c6ccccn6)n5)cc42)c2ccccc2-3)nc1-c1ccccn1. The number of fused-ring (bicyclic) bond motifs is 10. The zero-order valence-corrected chi connectivity index (χ0v) is 33.3. The molecule has 0 saturated heterocycles. The van der Waals surface area contributed by atoms with Gasteiger partial charge in [-0.2, -0.15) is 0 Å². The Hall–Kier alpha value is -8.43. The Kier molecular flexibility index (Phi) is 8.08. The highest BCUT2D eigenvalue weighted by Gasteiger charge is 2.52. The van der Waals surface area contributed by atoms with Gasteiger partial charge in [0.1, 0.15) is 11.4 Å². The molecule has 0 bridgehead atoms. The summed E-state index contributed by atoms with van der Waals surface area (Å²) in [5, 5.41) is 0. The van der Waals surface area contributed by atoms with Crippen molar-refractivity contribution in [1.82, 2.24) is 44.9 Å². The lowest BCUT2D eigenvalue weighted by Crippen LogP contribution is -2.26. The summed E-state index contributed by atoms with van der Waals surface area (Å²) in [4.78, 5) is 44.2. The maximum atomic E-state index is 5.26. The van der Waals surface area contributed by atoms with Gasteiger partial charge < -0.3 is 0 Å². The second-order valence-corrected chi connectivity index (χ2v) is 15.4. The van der Waals surface area contributed by atoms with E-state index in [2.05, 4.69) is 94.9 Å². The molecule has 2 aliphatic rings. The van der Waals surface area contributed by atoms with Gasteiger partial charge >= 0.3 is 0 Å². The minimum absolute atomic E-state index is 0.476. The first-order valence-corrected chi connectivity index (χ1v) is 20.4. The van der Waals surface area contributed by atoms with E-state index in [0.717, 1.165) is 61.7 Å². The Morgan fingerprint density at radius 1 is 0.323 bits per heavy atom. The third-order valence-electron chi connectivity index (χ3n) is 12.0. The van der Waals surface area contributed by atoms with Crippen molar-refractivity contribution in [2.24, 2.45) is 0 Å². The highest BCUT2D eigenvalue weighted by Crippen LogP contribution is 2.63. The molecule has 290 valence electrons. The van der Waals surface area contributed by atoms with Crippen molar-refractivity contribution in [2.75, 3.05) is 0 Å². The van der Waals surface area contributed by atoms with E-state index in [1.165, 1.54) is 22.3 Å². The van der Waals surface area contributed by atoms with Crippen LogP contribution in [0.25, 0.3) is 90.8 Å². The Labute approximate surface area is 357 Å². The second kappa shape index (κ2) is 14.1. The summed E-state index contributed by atoms with van der Waals surface area (Å²) in [5.74, 6) is 2.08. The third-order valence-corrected chi connectivity index (χ3v) is 12.0. The minimum Gasteiger partial charge on any atom is -0.255 e. The van der Waals surface area contributed by atoms with Crippen LogP contribution in [0.15, 0.2) is 183 Å². The molecule has 1 unspecified atom stereocenters. The van der Waals surface area contributed by atoms with Crippen LogP contribution in [0.2, 0.25) is 0 Å². The number of nitrogens with zero attached hydrogens (tertiary/aromatic N) is 9. The predicted octanol–water partition coefficient (Wildman–Crippen LogP) is 10.9. The summed E-state index contributed by atoms with van der Waals surface area (Å²) < 4.78 is 0. The van der Waals surface area contributed by atoms with Gasteiger partial charge in [0, 0.05) is 41.5 Å². The van der Waals surface area contributed by atoms with E-state index in [9.17, 15) is 0 Å². The molecule has 9 heteroatoms. The van der Waals surface area contributed by atoms with Crippen LogP contribution in [-0.4, -0.2) is 44.9 Å². The average molecular weight is 796 g/mol. The van der Waals surface area contributed by atoms with E-state index in [0.29, 0.717) is 34.7 Å². The molecule has 9 nitrogen and oxygen atoms in total. The number of aromatic nitrogens is 9. The van der Waals surface area contributed by atoms with Crippen molar-refractivity contribution in [2.45, 2.75) is 12.3 Å². The molecule has 1 atom stereocenters. The van der Waals surface area contributed by atoms with Gasteiger partial charge in [-0.25, -0.2) is 24.9 Å². The van der Waals surface area contributed by atoms with E-state index in [1.54, 1.807) is 24.8 Å². The van der Waals surface area contributed by atoms with Gasteiger partial charge in [0.2, 0.25) is 0 Å². The van der Waals surface area contributed by atoms with E-state index in [4.69, 9.17) is 34.9 Å². The van der Waals surface area contributed by atoms with Crippen LogP contribution in [-0.2, 0) is 5.41 Å². The topological polar surface area (TPSA) is 116 Å². The molecule has 0 radical (unpaired) electrons. The lowest BCUT2D eigenvalue weighted by atomic mass is 9.70. The molecule has 6 heterocycles. The normalized spacial score (nSPS) is 14.3. The summed E-state index contributed by atoms with van der Waals surface area (Å²) in [6, 6.07) is 54.1. The van der Waals surface area contributed by atoms with Crippen LogP contribution in [0.5, 0.6) is 0 Å². The molecular weight excluding hydrogens is 763 g/mol. The monoisotopic (exact) mass is 795 g/mol. The van der Waals surface area contributed by atoms with Crippen LogP contribution in [0.3, 0.4) is 0 Å². The molecule has 1 spiro atoms. The van der Waals surface area contributed by atoms with Crippen molar-refractivity contribution in [3.8, 4) is 90.8 Å². The quantitative estimate of drug-likeness (QED) is 0.162. The molecule has 62 heavy (non-hydrogen) atoms. The average Bonchev–Trinajstić information content (AvgIpc) is 3.81. The van der Waals surface area contributed by atoms with Crippen molar-refractivity contribution in [3.63, 3.8) is 0 Å². The predicted molar refractivity (Wildman–Crippen MR) is 240 cm³/mol. The zero-order chi connectivity index (χ0) is 41.2. The molecule has 6 aromatic heterocycles. The summed E-state index contributed by atoms with van der Waals surface area (Å²) in [6.45, 7) is 2.04. The van der Waals surface area contributed by atoms with Crippen LogP contribution >= 0.6 is 0 Å². The molecule has 0 aliphatic heterocycles. The Bertz CT molecular complexity index is 3230. The molecule has 10 aromatic rings. The molecule has 12 rings (SSSR count). The molecule has 0 amide bonds. The van der Waals surface area contributed by atoms with E-state index in [1.807, 2.05) is 79.7 Å². The van der Waals surface area contributed by atoms with Gasteiger partial charge in [0.25, 0.3) is 0 Å². The van der Waals surface area contributed by atoms with Gasteiger partial charge in [-0.15, -0.1) is 0 Å². The zero-order valence-electron chi connectivity index (χ0n) is 33.3. The molecule has 2 aliphatic carbocycles. The molecule has 0 N–H and O–H groups in total. The standard InChI is InChI=1S/C53H33N9/c1-32-47(43-18-6-10-26-54-43)58-49(59-48(32)44-19-7-11-27-55-44)33-22-24-37-35-14-2-4-16-39(35)53(41(37)30-33)40-17-5-3-15-36(40)38-25-23-34(31-42(38)53)50-60-51(45-20-8-12-28-56-45)62-52(61-50)46-21-9-13-29-57-46/h2-31H,1H3. The maximum Gasteiger partial charge on any atom is 0.182 e. The molecule has 0 saturated carbocycles. The van der Waals surface area contributed by atoms with E-state index >= 15 is 0 Å².